The number of piperidine rings is 1. The molecule has 0 radical (unpaired) electrons. The fourth-order valence-electron chi connectivity index (χ4n) is 4.68. The molecule has 3 aromatic carbocycles. The highest BCUT2D eigenvalue weighted by Crippen LogP contribution is 2.34. The average Bonchev–Trinajstić information content (AvgIpc) is 3.36. The predicted molar refractivity (Wildman–Crippen MR) is 144 cm³/mol. The molecule has 1 aliphatic heterocycles. The van der Waals surface area contributed by atoms with Crippen LogP contribution < -0.4 is 4.90 Å². The van der Waals surface area contributed by atoms with Crippen LogP contribution in [-0.2, 0) is 27.8 Å². The molecule has 5 rings (SSSR count). The topological polar surface area (TPSA) is 70.6 Å². The number of carbonyl (C=O) groups is 1. The van der Waals surface area contributed by atoms with E-state index in [1.165, 1.54) is 16.9 Å². The molecule has 1 aliphatic rings. The molecule has 0 unspecified atom stereocenters. The number of hydrogen-bond donors (Lipinski definition) is 0. The SMILES string of the molecule is CCc1ccc2nc(N(Cc3ccccc3)C(=O)C3CCN(S(=O)(=O)c4cc(F)ccc4F)CC3)sc2c1. The van der Waals surface area contributed by atoms with E-state index in [9.17, 15) is 22.0 Å². The van der Waals surface area contributed by atoms with Gasteiger partial charge in [-0.1, -0.05) is 54.7 Å². The van der Waals surface area contributed by atoms with Crippen LogP contribution in [-0.4, -0.2) is 36.7 Å². The van der Waals surface area contributed by atoms with Crippen molar-refractivity contribution in [2.75, 3.05) is 18.0 Å². The van der Waals surface area contributed by atoms with Crippen LogP contribution in [0.15, 0.2) is 71.6 Å². The molecule has 6 nitrogen and oxygen atoms in total. The highest BCUT2D eigenvalue weighted by molar-refractivity contribution is 7.89. The number of amides is 1. The molecule has 0 saturated carbocycles. The Bertz CT molecular complexity index is 1570. The van der Waals surface area contributed by atoms with Crippen LogP contribution in [0.5, 0.6) is 0 Å². The summed E-state index contributed by atoms with van der Waals surface area (Å²) < 4.78 is 56.0. The zero-order valence-corrected chi connectivity index (χ0v) is 22.4. The Morgan fingerprint density at radius 1 is 1.03 bits per heavy atom. The Labute approximate surface area is 224 Å². The Kier molecular flexibility index (Phi) is 7.56. The quantitative estimate of drug-likeness (QED) is 0.290. The lowest BCUT2D eigenvalue weighted by Crippen LogP contribution is -2.44. The molecule has 38 heavy (non-hydrogen) atoms. The van der Waals surface area contributed by atoms with E-state index in [0.717, 1.165) is 38.6 Å². The van der Waals surface area contributed by atoms with Crippen molar-refractivity contribution < 1.29 is 22.0 Å². The number of anilines is 1. The molecule has 1 fully saturated rings. The first kappa shape index (κ1) is 26.4. The van der Waals surface area contributed by atoms with Gasteiger partial charge in [-0.05, 0) is 60.7 Å². The van der Waals surface area contributed by atoms with Crippen LogP contribution >= 0.6 is 11.3 Å². The van der Waals surface area contributed by atoms with E-state index in [4.69, 9.17) is 4.98 Å². The van der Waals surface area contributed by atoms with Crippen LogP contribution in [0.25, 0.3) is 10.2 Å². The zero-order chi connectivity index (χ0) is 26.9. The number of benzene rings is 3. The summed E-state index contributed by atoms with van der Waals surface area (Å²) in [5, 5.41) is 0.596. The number of halogens is 2. The lowest BCUT2D eigenvalue weighted by molar-refractivity contribution is -0.123. The maximum Gasteiger partial charge on any atom is 0.246 e. The first-order valence-electron chi connectivity index (χ1n) is 12.5. The van der Waals surface area contributed by atoms with Crippen LogP contribution in [0.4, 0.5) is 13.9 Å². The predicted octanol–water partition coefficient (Wildman–Crippen LogP) is 5.77. The van der Waals surface area contributed by atoms with Crippen LogP contribution in [0, 0.1) is 17.6 Å². The van der Waals surface area contributed by atoms with Crippen molar-refractivity contribution in [2.24, 2.45) is 5.92 Å². The zero-order valence-electron chi connectivity index (χ0n) is 20.8. The van der Waals surface area contributed by atoms with Crippen molar-refractivity contribution in [3.63, 3.8) is 0 Å². The summed E-state index contributed by atoms with van der Waals surface area (Å²) in [7, 11) is -4.23. The summed E-state index contributed by atoms with van der Waals surface area (Å²) in [4.78, 5) is 19.6. The monoisotopic (exact) mass is 555 g/mol. The molecule has 198 valence electrons. The number of thiazole rings is 1. The molecule has 1 saturated heterocycles. The average molecular weight is 556 g/mol. The second-order valence-electron chi connectivity index (χ2n) is 9.32. The van der Waals surface area contributed by atoms with E-state index in [0.29, 0.717) is 17.7 Å². The van der Waals surface area contributed by atoms with Gasteiger partial charge in [0.15, 0.2) is 5.13 Å². The standard InChI is InChI=1S/C28H27F2N3O3S2/c1-2-19-8-11-24-25(16-19)37-28(31-24)33(18-20-6-4-3-5-7-20)27(34)21-12-14-32(15-13-21)38(35,36)26-17-22(29)9-10-23(26)30/h3-11,16-17,21H,2,12-15,18H2,1H3. The number of rotatable bonds is 7. The van der Waals surface area contributed by atoms with E-state index < -0.39 is 32.5 Å². The highest BCUT2D eigenvalue weighted by Gasteiger charge is 2.36. The maximum atomic E-state index is 14.2. The van der Waals surface area contributed by atoms with E-state index in [1.54, 1.807) is 4.90 Å². The number of hydrogen-bond acceptors (Lipinski definition) is 5. The molecule has 0 N–H and O–H groups in total. The largest absolute Gasteiger partial charge is 0.283 e. The normalized spacial score (nSPS) is 15.1. The van der Waals surface area contributed by atoms with Gasteiger partial charge in [0.1, 0.15) is 16.5 Å². The van der Waals surface area contributed by atoms with Gasteiger partial charge < -0.3 is 0 Å². The summed E-state index contributed by atoms with van der Waals surface area (Å²) in [6.07, 6.45) is 1.44. The molecule has 0 atom stereocenters. The van der Waals surface area contributed by atoms with Gasteiger partial charge in [0.25, 0.3) is 0 Å². The lowest BCUT2D eigenvalue weighted by atomic mass is 9.96. The molecule has 1 aromatic heterocycles. The molecule has 0 aliphatic carbocycles. The van der Waals surface area contributed by atoms with Gasteiger partial charge in [0, 0.05) is 19.0 Å². The van der Waals surface area contributed by atoms with Gasteiger partial charge in [-0.3, -0.25) is 9.69 Å². The molecule has 0 bridgehead atoms. The number of nitrogens with zero attached hydrogens (tertiary/aromatic N) is 3. The van der Waals surface area contributed by atoms with Gasteiger partial charge in [-0.2, -0.15) is 4.31 Å². The van der Waals surface area contributed by atoms with Gasteiger partial charge >= 0.3 is 0 Å². The van der Waals surface area contributed by atoms with Gasteiger partial charge in [0.2, 0.25) is 15.9 Å². The second-order valence-corrected chi connectivity index (χ2v) is 12.2. The van der Waals surface area contributed by atoms with Crippen molar-refractivity contribution in [3.05, 3.63) is 89.5 Å². The molecule has 1 amide bonds. The minimum Gasteiger partial charge on any atom is -0.283 e. The van der Waals surface area contributed by atoms with Crippen LogP contribution in [0.2, 0.25) is 0 Å². The summed E-state index contributed by atoms with van der Waals surface area (Å²) >= 11 is 1.46. The number of fused-ring (bicyclic) bond motifs is 1. The lowest BCUT2D eigenvalue weighted by Gasteiger charge is -2.33. The van der Waals surface area contributed by atoms with Crippen molar-refractivity contribution in [2.45, 2.75) is 37.6 Å². The van der Waals surface area contributed by atoms with E-state index in [1.807, 2.05) is 42.5 Å². The highest BCUT2D eigenvalue weighted by atomic mass is 32.2. The first-order chi connectivity index (χ1) is 18.3. The molecular weight excluding hydrogens is 528 g/mol. The summed E-state index contributed by atoms with van der Waals surface area (Å²) in [5.74, 6) is -2.38. The first-order valence-corrected chi connectivity index (χ1v) is 14.7. The molecule has 4 aromatic rings. The molecule has 0 spiro atoms. The Morgan fingerprint density at radius 3 is 2.47 bits per heavy atom. The minimum absolute atomic E-state index is 0.0353. The molecule has 2 heterocycles. The number of aromatic nitrogens is 1. The third-order valence-corrected chi connectivity index (χ3v) is 9.80. The van der Waals surface area contributed by atoms with Crippen molar-refractivity contribution in [3.8, 4) is 0 Å². The number of sulfonamides is 1. The minimum atomic E-state index is -4.23. The van der Waals surface area contributed by atoms with Crippen molar-refractivity contribution in [1.82, 2.24) is 9.29 Å². The smallest absolute Gasteiger partial charge is 0.246 e. The van der Waals surface area contributed by atoms with E-state index >= 15 is 0 Å². The number of carbonyl (C=O) groups excluding carboxylic acids is 1. The van der Waals surface area contributed by atoms with Crippen molar-refractivity contribution in [1.29, 1.82) is 0 Å². The van der Waals surface area contributed by atoms with Gasteiger partial charge in [-0.15, -0.1) is 0 Å². The maximum absolute atomic E-state index is 14.2. The Hall–Kier alpha value is -3.21. The Balaban J connectivity index is 1.38. The summed E-state index contributed by atoms with van der Waals surface area (Å²) in [6, 6.07) is 18.1. The van der Waals surface area contributed by atoms with Crippen molar-refractivity contribution >= 4 is 42.6 Å². The van der Waals surface area contributed by atoms with E-state index in [2.05, 4.69) is 13.0 Å². The summed E-state index contributed by atoms with van der Waals surface area (Å²) in [6.45, 7) is 2.50. The van der Waals surface area contributed by atoms with Crippen LogP contribution in [0.3, 0.4) is 0 Å². The fraction of sp³-hybridized carbons (Fsp3) is 0.286. The van der Waals surface area contributed by atoms with E-state index in [-0.39, 0.29) is 31.8 Å². The fourth-order valence-corrected chi connectivity index (χ4v) is 7.26. The van der Waals surface area contributed by atoms with Gasteiger partial charge in [-0.25, -0.2) is 22.2 Å². The van der Waals surface area contributed by atoms with Gasteiger partial charge in [0.05, 0.1) is 16.8 Å². The molecular formula is C28H27F2N3O3S2. The third kappa shape index (κ3) is 5.34. The number of aryl methyl sites for hydroxylation is 1. The summed E-state index contributed by atoms with van der Waals surface area (Å²) in [5.41, 5.74) is 2.97. The third-order valence-electron chi connectivity index (χ3n) is 6.84. The second kappa shape index (κ2) is 10.9. The van der Waals surface area contributed by atoms with Crippen LogP contribution in [0.1, 0.15) is 30.9 Å². The molecule has 10 heteroatoms. The Morgan fingerprint density at radius 2 is 1.76 bits per heavy atom.